The highest BCUT2D eigenvalue weighted by atomic mass is 32.1. The zero-order valence-electron chi connectivity index (χ0n) is 23.0. The van der Waals surface area contributed by atoms with Crippen molar-refractivity contribution in [1.29, 1.82) is 0 Å². The number of hydrogen-bond acceptors (Lipinski definition) is 7. The number of amides is 1. The molecule has 1 aliphatic rings. The maximum absolute atomic E-state index is 12.9. The van der Waals surface area contributed by atoms with Crippen LogP contribution in [0.15, 0.2) is 78.9 Å². The van der Waals surface area contributed by atoms with Gasteiger partial charge in [-0.25, -0.2) is 14.6 Å². The number of hydrogen-bond donors (Lipinski definition) is 2. The zero-order chi connectivity index (χ0) is 29.1. The molecule has 0 aliphatic heterocycles. The summed E-state index contributed by atoms with van der Waals surface area (Å²) in [4.78, 5) is 47.5. The summed E-state index contributed by atoms with van der Waals surface area (Å²) in [6.45, 7) is 1.49. The third kappa shape index (κ3) is 5.69. The number of ether oxygens (including phenoxy) is 2. The number of anilines is 1. The number of fused-ring (bicyclic) bond motifs is 2. The van der Waals surface area contributed by atoms with E-state index < -0.39 is 24.5 Å². The molecule has 1 atom stereocenters. The second-order valence-corrected chi connectivity index (χ2v) is 11.2. The number of aromatic amines is 1. The van der Waals surface area contributed by atoms with Crippen molar-refractivity contribution in [2.24, 2.45) is 0 Å². The molecule has 1 amide bonds. The molecule has 0 radical (unpaired) electrons. The van der Waals surface area contributed by atoms with E-state index in [4.69, 9.17) is 9.47 Å². The lowest BCUT2D eigenvalue weighted by molar-refractivity contribution is -0.119. The van der Waals surface area contributed by atoms with Gasteiger partial charge in [0.05, 0.1) is 28.8 Å². The number of aromatic nitrogens is 2. The minimum absolute atomic E-state index is 0.231. The van der Waals surface area contributed by atoms with Crippen LogP contribution in [0.1, 0.15) is 56.0 Å². The molecular formula is C33H29N3O5S. The van der Waals surface area contributed by atoms with E-state index in [1.54, 1.807) is 25.1 Å². The van der Waals surface area contributed by atoms with E-state index in [9.17, 15) is 14.4 Å². The first-order valence-electron chi connectivity index (χ1n) is 13.9. The molecule has 6 rings (SSSR count). The molecule has 42 heavy (non-hydrogen) atoms. The van der Waals surface area contributed by atoms with Crippen LogP contribution in [0, 0.1) is 0 Å². The summed E-state index contributed by atoms with van der Waals surface area (Å²) in [6.07, 6.45) is 2.40. The van der Waals surface area contributed by atoms with Crippen LogP contribution in [0.25, 0.3) is 22.4 Å². The SMILES string of the molecule is CCOC(=O)c1c(NC(=O)COC(=O)c2ccc3nc(-c4ccccc4)[nH]c3c2)sc2c1CCC(c1ccccc1)C2. The Labute approximate surface area is 246 Å². The van der Waals surface area contributed by atoms with Crippen molar-refractivity contribution in [3.63, 3.8) is 0 Å². The van der Waals surface area contributed by atoms with Crippen molar-refractivity contribution < 1.29 is 23.9 Å². The fourth-order valence-corrected chi connectivity index (χ4v) is 6.68. The van der Waals surface area contributed by atoms with Crippen LogP contribution in [-0.4, -0.2) is 41.0 Å². The van der Waals surface area contributed by atoms with E-state index in [1.165, 1.54) is 16.9 Å². The number of carbonyl (C=O) groups excluding carboxylic acids is 3. The van der Waals surface area contributed by atoms with Gasteiger partial charge in [0.25, 0.3) is 5.91 Å². The van der Waals surface area contributed by atoms with Gasteiger partial charge >= 0.3 is 11.9 Å². The second kappa shape index (κ2) is 12.0. The standard InChI is InChI=1S/C33H29N3O5S/c1-2-40-33(39)29-24-15-13-22(20-9-5-3-6-10-20)18-27(24)42-31(29)36-28(37)19-41-32(38)23-14-16-25-26(17-23)35-30(34-25)21-11-7-4-8-12-21/h3-12,14,16-17,22H,2,13,15,18-19H2,1H3,(H,34,35)(H,36,37). The molecule has 2 aromatic heterocycles. The fourth-order valence-electron chi connectivity index (χ4n) is 5.35. The number of nitrogens with zero attached hydrogens (tertiary/aromatic N) is 1. The number of benzene rings is 3. The van der Waals surface area contributed by atoms with E-state index in [1.807, 2.05) is 48.5 Å². The third-order valence-corrected chi connectivity index (χ3v) is 8.54. The molecule has 8 nitrogen and oxygen atoms in total. The maximum atomic E-state index is 12.9. The highest BCUT2D eigenvalue weighted by Crippen LogP contribution is 2.42. The number of H-pyrrole nitrogens is 1. The van der Waals surface area contributed by atoms with Crippen molar-refractivity contribution >= 4 is 45.2 Å². The summed E-state index contributed by atoms with van der Waals surface area (Å²) in [5.41, 5.74) is 5.22. The van der Waals surface area contributed by atoms with Gasteiger partial charge in [0.2, 0.25) is 0 Å². The van der Waals surface area contributed by atoms with Gasteiger partial charge in [-0.3, -0.25) is 4.79 Å². The molecule has 2 N–H and O–H groups in total. The monoisotopic (exact) mass is 579 g/mol. The first-order valence-corrected chi connectivity index (χ1v) is 14.7. The number of thiophene rings is 1. The minimum atomic E-state index is -0.635. The summed E-state index contributed by atoms with van der Waals surface area (Å²) in [5, 5.41) is 3.24. The normalized spacial score (nSPS) is 14.3. The lowest BCUT2D eigenvalue weighted by Gasteiger charge is -2.23. The molecule has 0 spiro atoms. The minimum Gasteiger partial charge on any atom is -0.462 e. The molecule has 3 aromatic carbocycles. The van der Waals surface area contributed by atoms with Gasteiger partial charge in [0, 0.05) is 10.4 Å². The van der Waals surface area contributed by atoms with Gasteiger partial charge in [-0.1, -0.05) is 60.7 Å². The maximum Gasteiger partial charge on any atom is 0.341 e. The molecule has 9 heteroatoms. The van der Waals surface area contributed by atoms with Crippen LogP contribution in [0.5, 0.6) is 0 Å². The molecule has 0 saturated heterocycles. The quantitative estimate of drug-likeness (QED) is 0.202. The molecular weight excluding hydrogens is 550 g/mol. The van der Waals surface area contributed by atoms with Crippen LogP contribution in [0.4, 0.5) is 5.00 Å². The highest BCUT2D eigenvalue weighted by molar-refractivity contribution is 7.17. The fraction of sp³-hybridized carbons (Fsp3) is 0.212. The Morgan fingerprint density at radius 2 is 1.74 bits per heavy atom. The number of rotatable bonds is 8. The topological polar surface area (TPSA) is 110 Å². The Morgan fingerprint density at radius 3 is 2.50 bits per heavy atom. The summed E-state index contributed by atoms with van der Waals surface area (Å²) < 4.78 is 10.7. The average Bonchev–Trinajstić information content (AvgIpc) is 3.61. The number of esters is 2. The van der Waals surface area contributed by atoms with E-state index >= 15 is 0 Å². The van der Waals surface area contributed by atoms with Gasteiger partial charge in [0.15, 0.2) is 6.61 Å². The third-order valence-electron chi connectivity index (χ3n) is 7.37. The molecule has 5 aromatic rings. The van der Waals surface area contributed by atoms with Crippen LogP contribution in [0.2, 0.25) is 0 Å². The summed E-state index contributed by atoms with van der Waals surface area (Å²) in [7, 11) is 0. The van der Waals surface area contributed by atoms with Crippen molar-refractivity contribution in [1.82, 2.24) is 9.97 Å². The van der Waals surface area contributed by atoms with Crippen molar-refractivity contribution in [2.45, 2.75) is 32.1 Å². The van der Waals surface area contributed by atoms with Crippen LogP contribution >= 0.6 is 11.3 Å². The molecule has 0 saturated carbocycles. The zero-order valence-corrected chi connectivity index (χ0v) is 23.8. The van der Waals surface area contributed by atoms with Gasteiger partial charge in [-0.2, -0.15) is 0 Å². The molecule has 0 fully saturated rings. The van der Waals surface area contributed by atoms with Crippen molar-refractivity contribution in [3.05, 3.63) is 106 Å². The number of carbonyl (C=O) groups is 3. The van der Waals surface area contributed by atoms with E-state index in [-0.39, 0.29) is 6.61 Å². The van der Waals surface area contributed by atoms with Gasteiger partial charge in [-0.15, -0.1) is 11.3 Å². The first kappa shape index (κ1) is 27.4. The van der Waals surface area contributed by atoms with Crippen molar-refractivity contribution in [2.75, 3.05) is 18.5 Å². The Balaban J connectivity index is 1.14. The largest absolute Gasteiger partial charge is 0.462 e. The highest BCUT2D eigenvalue weighted by Gasteiger charge is 2.31. The molecule has 212 valence electrons. The van der Waals surface area contributed by atoms with Gasteiger partial charge in [-0.05, 0) is 61.4 Å². The van der Waals surface area contributed by atoms with Crippen LogP contribution in [0.3, 0.4) is 0 Å². The van der Waals surface area contributed by atoms with Gasteiger partial charge < -0.3 is 19.8 Å². The molecule has 1 aliphatic carbocycles. The smallest absolute Gasteiger partial charge is 0.341 e. The lowest BCUT2D eigenvalue weighted by atomic mass is 9.83. The lowest BCUT2D eigenvalue weighted by Crippen LogP contribution is -2.22. The Morgan fingerprint density at radius 1 is 0.976 bits per heavy atom. The Kier molecular flexibility index (Phi) is 7.83. The predicted octanol–water partition coefficient (Wildman–Crippen LogP) is 6.54. The molecule has 0 bridgehead atoms. The van der Waals surface area contributed by atoms with E-state index in [0.29, 0.717) is 45.3 Å². The Hall–Kier alpha value is -4.76. The van der Waals surface area contributed by atoms with Crippen LogP contribution < -0.4 is 5.32 Å². The molecule has 1 unspecified atom stereocenters. The molecule has 2 heterocycles. The second-order valence-electron chi connectivity index (χ2n) is 10.1. The average molecular weight is 580 g/mol. The first-order chi connectivity index (χ1) is 20.5. The van der Waals surface area contributed by atoms with Crippen LogP contribution in [-0.2, 0) is 27.1 Å². The van der Waals surface area contributed by atoms with Crippen molar-refractivity contribution in [3.8, 4) is 11.4 Å². The summed E-state index contributed by atoms with van der Waals surface area (Å²) in [6, 6.07) is 25.0. The van der Waals surface area contributed by atoms with Gasteiger partial charge in [0.1, 0.15) is 10.8 Å². The number of imidazole rings is 1. The summed E-state index contributed by atoms with van der Waals surface area (Å²) >= 11 is 1.39. The Bertz CT molecular complexity index is 1760. The van der Waals surface area contributed by atoms with E-state index in [2.05, 4.69) is 27.4 Å². The van der Waals surface area contributed by atoms with E-state index in [0.717, 1.165) is 28.8 Å². The predicted molar refractivity (Wildman–Crippen MR) is 162 cm³/mol. The number of nitrogens with one attached hydrogen (secondary N) is 2. The summed E-state index contributed by atoms with van der Waals surface area (Å²) in [5.74, 6) is -0.580.